The largest absolute Gasteiger partial charge is 0.453 e. The van der Waals surface area contributed by atoms with Crippen LogP contribution in [-0.2, 0) is 14.3 Å². The van der Waals surface area contributed by atoms with Crippen LogP contribution in [0.4, 0.5) is 4.79 Å². The van der Waals surface area contributed by atoms with Crippen LogP contribution in [0.2, 0.25) is 0 Å². The Balaban J connectivity index is 1.69. The van der Waals surface area contributed by atoms with E-state index in [1.807, 2.05) is 4.90 Å². The molecule has 0 aliphatic carbocycles. The predicted molar refractivity (Wildman–Crippen MR) is 85.1 cm³/mol. The molecular weight excluding hydrogens is 296 g/mol. The van der Waals surface area contributed by atoms with Crippen molar-refractivity contribution < 1.29 is 19.1 Å². The third-order valence-corrected chi connectivity index (χ3v) is 5.72. The van der Waals surface area contributed by atoms with Gasteiger partial charge in [-0.2, -0.15) is 0 Å². The minimum absolute atomic E-state index is 0.112. The average Bonchev–Trinajstić information content (AvgIpc) is 2.61. The van der Waals surface area contributed by atoms with Gasteiger partial charge in [-0.05, 0) is 50.4 Å². The number of likely N-dealkylation sites (tertiary alicyclic amines) is 2. The Labute approximate surface area is 138 Å². The van der Waals surface area contributed by atoms with Crippen LogP contribution in [0.1, 0.15) is 44.9 Å². The zero-order chi connectivity index (χ0) is 16.3. The molecule has 3 aliphatic heterocycles. The second-order valence-corrected chi connectivity index (χ2v) is 7.15. The van der Waals surface area contributed by atoms with Gasteiger partial charge in [0, 0.05) is 32.8 Å². The molecule has 6 heteroatoms. The van der Waals surface area contributed by atoms with E-state index in [1.54, 1.807) is 4.90 Å². The molecule has 3 heterocycles. The summed E-state index contributed by atoms with van der Waals surface area (Å²) in [5, 5.41) is 0. The Hall–Kier alpha value is -1.30. The molecule has 130 valence electrons. The maximum atomic E-state index is 13.1. The number of carbonyl (C=O) groups excluding carboxylic acids is 2. The van der Waals surface area contributed by atoms with E-state index in [1.165, 1.54) is 13.5 Å². The van der Waals surface area contributed by atoms with E-state index >= 15 is 0 Å². The summed E-state index contributed by atoms with van der Waals surface area (Å²) < 4.78 is 10.4. The van der Waals surface area contributed by atoms with E-state index in [4.69, 9.17) is 9.47 Å². The quantitative estimate of drug-likeness (QED) is 0.740. The van der Waals surface area contributed by atoms with Crippen molar-refractivity contribution in [1.29, 1.82) is 0 Å². The molecule has 3 aliphatic rings. The highest BCUT2D eigenvalue weighted by Gasteiger charge is 2.42. The first-order valence-electron chi connectivity index (χ1n) is 8.86. The molecule has 6 nitrogen and oxygen atoms in total. The van der Waals surface area contributed by atoms with Gasteiger partial charge < -0.3 is 14.4 Å². The molecule has 3 fully saturated rings. The second-order valence-electron chi connectivity index (χ2n) is 7.15. The lowest BCUT2D eigenvalue weighted by atomic mass is 9.73. The standard InChI is InChI=1S/C17H28N2O4/c1-22-16(21)19-10-3-2-5-14(19)15(20)18-9-4-6-17(13-18)7-11-23-12-8-17/h14H,2-13H2,1H3/t14-/m0/s1. The molecule has 3 saturated heterocycles. The number of rotatable bonds is 1. The van der Waals surface area contributed by atoms with Gasteiger partial charge in [-0.25, -0.2) is 4.79 Å². The minimum atomic E-state index is -0.374. The van der Waals surface area contributed by atoms with E-state index < -0.39 is 0 Å². The summed E-state index contributed by atoms with van der Waals surface area (Å²) >= 11 is 0. The van der Waals surface area contributed by atoms with Crippen LogP contribution in [-0.4, -0.2) is 67.8 Å². The summed E-state index contributed by atoms with van der Waals surface area (Å²) in [6, 6.07) is -0.341. The summed E-state index contributed by atoms with van der Waals surface area (Å²) in [6.07, 6.45) is 6.64. The highest BCUT2D eigenvalue weighted by molar-refractivity contribution is 5.86. The van der Waals surface area contributed by atoms with Crippen LogP contribution < -0.4 is 0 Å². The zero-order valence-electron chi connectivity index (χ0n) is 14.1. The van der Waals surface area contributed by atoms with E-state index in [0.29, 0.717) is 6.54 Å². The van der Waals surface area contributed by atoms with E-state index in [0.717, 1.165) is 64.8 Å². The van der Waals surface area contributed by atoms with Crippen LogP contribution in [0.25, 0.3) is 0 Å². The number of hydrogen-bond donors (Lipinski definition) is 0. The number of ether oxygens (including phenoxy) is 2. The lowest BCUT2D eigenvalue weighted by molar-refractivity contribution is -0.143. The Morgan fingerprint density at radius 2 is 1.87 bits per heavy atom. The summed E-state index contributed by atoms with van der Waals surface area (Å²) in [5.41, 5.74) is 0.233. The second kappa shape index (κ2) is 7.07. The molecule has 0 aromatic carbocycles. The molecule has 0 radical (unpaired) electrons. The Kier molecular flexibility index (Phi) is 5.09. The molecule has 3 rings (SSSR count). The highest BCUT2D eigenvalue weighted by atomic mass is 16.5. The van der Waals surface area contributed by atoms with Crippen molar-refractivity contribution in [3.8, 4) is 0 Å². The van der Waals surface area contributed by atoms with Crippen LogP contribution >= 0.6 is 0 Å². The lowest BCUT2D eigenvalue weighted by Crippen LogP contribution is -2.56. The normalized spacial score (nSPS) is 27.8. The molecule has 1 spiro atoms. The molecule has 23 heavy (non-hydrogen) atoms. The number of hydrogen-bond acceptors (Lipinski definition) is 4. The monoisotopic (exact) mass is 324 g/mol. The summed E-state index contributed by atoms with van der Waals surface area (Å²) in [4.78, 5) is 28.7. The van der Waals surface area contributed by atoms with Gasteiger partial charge >= 0.3 is 6.09 Å². The third-order valence-electron chi connectivity index (χ3n) is 5.72. The van der Waals surface area contributed by atoms with Crippen molar-refractivity contribution in [3.63, 3.8) is 0 Å². The smallest absolute Gasteiger partial charge is 0.410 e. The average molecular weight is 324 g/mol. The van der Waals surface area contributed by atoms with Crippen molar-refractivity contribution in [3.05, 3.63) is 0 Å². The molecule has 0 aromatic rings. The maximum Gasteiger partial charge on any atom is 0.410 e. The molecule has 0 bridgehead atoms. The fourth-order valence-corrected chi connectivity index (χ4v) is 4.34. The minimum Gasteiger partial charge on any atom is -0.453 e. The maximum absolute atomic E-state index is 13.1. The Morgan fingerprint density at radius 3 is 2.61 bits per heavy atom. The van der Waals surface area contributed by atoms with Crippen molar-refractivity contribution in [2.24, 2.45) is 5.41 Å². The number of carbonyl (C=O) groups is 2. The van der Waals surface area contributed by atoms with Crippen molar-refractivity contribution >= 4 is 12.0 Å². The first-order chi connectivity index (χ1) is 11.2. The number of amides is 2. The molecule has 1 atom stereocenters. The van der Waals surface area contributed by atoms with Gasteiger partial charge in [-0.1, -0.05) is 0 Å². The fraction of sp³-hybridized carbons (Fsp3) is 0.882. The van der Waals surface area contributed by atoms with Crippen LogP contribution in [0.15, 0.2) is 0 Å². The van der Waals surface area contributed by atoms with Gasteiger partial charge in [0.15, 0.2) is 0 Å². The fourth-order valence-electron chi connectivity index (χ4n) is 4.34. The molecular formula is C17H28N2O4. The first-order valence-corrected chi connectivity index (χ1v) is 8.86. The molecule has 0 saturated carbocycles. The van der Waals surface area contributed by atoms with Gasteiger partial charge in [-0.15, -0.1) is 0 Å². The molecule has 2 amide bonds. The van der Waals surface area contributed by atoms with Gasteiger partial charge in [-0.3, -0.25) is 9.69 Å². The lowest BCUT2D eigenvalue weighted by Gasteiger charge is -2.46. The summed E-state index contributed by atoms with van der Waals surface area (Å²) in [5.74, 6) is 0.112. The number of methoxy groups -OCH3 is 1. The van der Waals surface area contributed by atoms with Crippen molar-refractivity contribution in [2.45, 2.75) is 51.0 Å². The van der Waals surface area contributed by atoms with Crippen LogP contribution in [0.3, 0.4) is 0 Å². The van der Waals surface area contributed by atoms with Crippen LogP contribution in [0.5, 0.6) is 0 Å². The first kappa shape index (κ1) is 16.6. The number of piperidine rings is 2. The molecule has 0 aromatic heterocycles. The van der Waals surface area contributed by atoms with Gasteiger partial charge in [0.1, 0.15) is 6.04 Å². The number of nitrogens with zero attached hydrogens (tertiary/aromatic N) is 2. The summed E-state index contributed by atoms with van der Waals surface area (Å²) in [6.45, 7) is 3.86. The van der Waals surface area contributed by atoms with Gasteiger partial charge in [0.05, 0.1) is 7.11 Å². The van der Waals surface area contributed by atoms with Crippen molar-refractivity contribution in [2.75, 3.05) is 40.0 Å². The zero-order valence-corrected chi connectivity index (χ0v) is 14.1. The van der Waals surface area contributed by atoms with E-state index in [-0.39, 0.29) is 23.5 Å². The predicted octanol–water partition coefficient (Wildman–Crippen LogP) is 2.03. The third kappa shape index (κ3) is 3.47. The van der Waals surface area contributed by atoms with Crippen LogP contribution in [0, 0.1) is 5.41 Å². The molecule has 0 unspecified atom stereocenters. The summed E-state index contributed by atoms with van der Waals surface area (Å²) in [7, 11) is 1.39. The van der Waals surface area contributed by atoms with Gasteiger partial charge in [0.25, 0.3) is 0 Å². The Morgan fingerprint density at radius 1 is 1.09 bits per heavy atom. The topological polar surface area (TPSA) is 59.1 Å². The van der Waals surface area contributed by atoms with E-state index in [9.17, 15) is 9.59 Å². The van der Waals surface area contributed by atoms with Crippen molar-refractivity contribution in [1.82, 2.24) is 9.80 Å². The molecule has 0 N–H and O–H groups in total. The van der Waals surface area contributed by atoms with Gasteiger partial charge in [0.2, 0.25) is 5.91 Å². The van der Waals surface area contributed by atoms with E-state index in [2.05, 4.69) is 0 Å². The highest BCUT2D eigenvalue weighted by Crippen LogP contribution is 2.39. The SMILES string of the molecule is COC(=O)N1CCCC[C@H]1C(=O)N1CCCC2(CCOCC2)C1. The Bertz CT molecular complexity index is 442.